The fourth-order valence-corrected chi connectivity index (χ4v) is 2.90. The number of benzene rings is 2. The third-order valence-corrected chi connectivity index (χ3v) is 3.93. The monoisotopic (exact) mass is 263 g/mol. The van der Waals surface area contributed by atoms with Gasteiger partial charge in [0.05, 0.1) is 5.52 Å². The summed E-state index contributed by atoms with van der Waals surface area (Å²) in [7, 11) is 0. The van der Waals surface area contributed by atoms with Crippen LogP contribution in [-0.2, 0) is 0 Å². The molecule has 1 aromatic heterocycles. The molecule has 0 bridgehead atoms. The first-order valence-corrected chi connectivity index (χ1v) is 6.60. The summed E-state index contributed by atoms with van der Waals surface area (Å²) in [5, 5.41) is 23.3. The van der Waals surface area contributed by atoms with Crippen molar-refractivity contribution in [2.45, 2.75) is 12.2 Å². The van der Waals surface area contributed by atoms with Gasteiger partial charge in [-0.15, -0.1) is 0 Å². The van der Waals surface area contributed by atoms with Crippen LogP contribution in [0.2, 0.25) is 0 Å². The number of aromatic nitrogens is 1. The summed E-state index contributed by atoms with van der Waals surface area (Å²) in [6.07, 6.45) is 3.46. The molecule has 2 aromatic carbocycles. The van der Waals surface area contributed by atoms with Crippen molar-refractivity contribution in [3.8, 4) is 0 Å². The maximum Gasteiger partial charge on any atom is 0.111 e. The standard InChI is InChI=1S/C17H13NO2/c19-14-8-6-10-5-7-13-12-4-2-1-3-11(12)9-18-16(13)15(10)17(14)20/h1-9,14,17,19-20H/t14-,17-/m0/s1. The smallest absolute Gasteiger partial charge is 0.111 e. The van der Waals surface area contributed by atoms with Gasteiger partial charge in [0, 0.05) is 22.5 Å². The van der Waals surface area contributed by atoms with Crippen LogP contribution in [-0.4, -0.2) is 21.3 Å². The van der Waals surface area contributed by atoms with Gasteiger partial charge in [-0.2, -0.15) is 0 Å². The first-order valence-electron chi connectivity index (χ1n) is 6.60. The van der Waals surface area contributed by atoms with E-state index in [1.807, 2.05) is 48.7 Å². The highest BCUT2D eigenvalue weighted by atomic mass is 16.3. The zero-order valence-corrected chi connectivity index (χ0v) is 10.7. The predicted octanol–water partition coefficient (Wildman–Crippen LogP) is 2.81. The summed E-state index contributed by atoms with van der Waals surface area (Å²) in [6.45, 7) is 0. The maximum absolute atomic E-state index is 10.3. The highest BCUT2D eigenvalue weighted by Gasteiger charge is 2.25. The minimum absolute atomic E-state index is 0.711. The van der Waals surface area contributed by atoms with Crippen molar-refractivity contribution in [2.75, 3.05) is 0 Å². The lowest BCUT2D eigenvalue weighted by Crippen LogP contribution is -2.20. The average Bonchev–Trinajstić information content (AvgIpc) is 2.50. The first kappa shape index (κ1) is 11.6. The molecule has 3 aromatic rings. The van der Waals surface area contributed by atoms with Crippen molar-refractivity contribution in [1.29, 1.82) is 0 Å². The Hall–Kier alpha value is -2.23. The number of hydrogen-bond acceptors (Lipinski definition) is 3. The van der Waals surface area contributed by atoms with Crippen LogP contribution in [0.15, 0.2) is 48.7 Å². The lowest BCUT2D eigenvalue weighted by molar-refractivity contribution is 0.0479. The lowest BCUT2D eigenvalue weighted by Gasteiger charge is -2.23. The van der Waals surface area contributed by atoms with Crippen molar-refractivity contribution in [2.24, 2.45) is 0 Å². The lowest BCUT2D eigenvalue weighted by atomic mass is 9.89. The Balaban J connectivity index is 2.15. The van der Waals surface area contributed by atoms with Gasteiger partial charge in [0.15, 0.2) is 0 Å². The second kappa shape index (κ2) is 4.13. The zero-order valence-electron chi connectivity index (χ0n) is 10.7. The molecule has 3 nitrogen and oxygen atoms in total. The molecule has 0 saturated heterocycles. The molecule has 98 valence electrons. The van der Waals surface area contributed by atoms with Gasteiger partial charge in [-0.05, 0) is 10.9 Å². The van der Waals surface area contributed by atoms with Crippen molar-refractivity contribution in [3.05, 3.63) is 59.8 Å². The van der Waals surface area contributed by atoms with Crippen molar-refractivity contribution in [1.82, 2.24) is 4.98 Å². The first-order chi connectivity index (χ1) is 9.75. The SMILES string of the molecule is O[C@@H]1c2c(ccc3c2ncc2ccccc23)C=C[C@@H]1O. The van der Waals surface area contributed by atoms with Crippen LogP contribution in [0.5, 0.6) is 0 Å². The molecule has 20 heavy (non-hydrogen) atoms. The topological polar surface area (TPSA) is 53.4 Å². The third kappa shape index (κ3) is 1.51. The van der Waals surface area contributed by atoms with E-state index in [1.165, 1.54) is 0 Å². The van der Waals surface area contributed by atoms with E-state index < -0.39 is 12.2 Å². The van der Waals surface area contributed by atoms with E-state index in [1.54, 1.807) is 6.08 Å². The van der Waals surface area contributed by atoms with Gasteiger partial charge in [0.2, 0.25) is 0 Å². The van der Waals surface area contributed by atoms with Gasteiger partial charge in [0.25, 0.3) is 0 Å². The second-order valence-corrected chi connectivity index (χ2v) is 5.10. The highest BCUT2D eigenvalue weighted by Crippen LogP contribution is 2.35. The van der Waals surface area contributed by atoms with Gasteiger partial charge in [-0.3, -0.25) is 4.98 Å². The Morgan fingerprint density at radius 1 is 0.950 bits per heavy atom. The number of pyridine rings is 1. The van der Waals surface area contributed by atoms with Crippen LogP contribution in [0, 0.1) is 0 Å². The molecular weight excluding hydrogens is 250 g/mol. The molecule has 0 aliphatic heterocycles. The van der Waals surface area contributed by atoms with E-state index in [-0.39, 0.29) is 0 Å². The van der Waals surface area contributed by atoms with E-state index in [2.05, 4.69) is 4.98 Å². The number of fused-ring (bicyclic) bond motifs is 5. The van der Waals surface area contributed by atoms with Crippen LogP contribution in [0.1, 0.15) is 17.2 Å². The molecule has 0 saturated carbocycles. The van der Waals surface area contributed by atoms with E-state index in [9.17, 15) is 10.2 Å². The molecule has 0 fully saturated rings. The molecule has 0 spiro atoms. The summed E-state index contributed by atoms with van der Waals surface area (Å²) in [5.74, 6) is 0. The van der Waals surface area contributed by atoms with Crippen molar-refractivity contribution < 1.29 is 10.2 Å². The van der Waals surface area contributed by atoms with Gasteiger partial charge < -0.3 is 10.2 Å². The Morgan fingerprint density at radius 3 is 2.70 bits per heavy atom. The van der Waals surface area contributed by atoms with E-state index in [0.717, 1.165) is 27.2 Å². The Kier molecular flexibility index (Phi) is 2.39. The molecular formula is C17H13NO2. The van der Waals surface area contributed by atoms with Crippen LogP contribution < -0.4 is 0 Å². The Bertz CT molecular complexity index is 854. The maximum atomic E-state index is 10.3. The Morgan fingerprint density at radius 2 is 1.80 bits per heavy atom. The van der Waals surface area contributed by atoms with Gasteiger partial charge in [0.1, 0.15) is 12.2 Å². The second-order valence-electron chi connectivity index (χ2n) is 5.10. The van der Waals surface area contributed by atoms with E-state index in [4.69, 9.17) is 0 Å². The minimum Gasteiger partial charge on any atom is -0.386 e. The number of aliphatic hydroxyl groups excluding tert-OH is 2. The summed E-state index contributed by atoms with van der Waals surface area (Å²) >= 11 is 0. The highest BCUT2D eigenvalue weighted by molar-refractivity contribution is 6.07. The fraction of sp³-hybridized carbons (Fsp3) is 0.118. The minimum atomic E-state index is -0.924. The van der Waals surface area contributed by atoms with Crippen LogP contribution in [0.4, 0.5) is 0 Å². The average molecular weight is 263 g/mol. The molecule has 1 aliphatic rings. The fourth-order valence-electron chi connectivity index (χ4n) is 2.90. The normalized spacial score (nSPS) is 21.3. The van der Waals surface area contributed by atoms with Crippen LogP contribution in [0.25, 0.3) is 27.8 Å². The quantitative estimate of drug-likeness (QED) is 0.613. The van der Waals surface area contributed by atoms with E-state index >= 15 is 0 Å². The third-order valence-electron chi connectivity index (χ3n) is 3.93. The molecule has 2 N–H and O–H groups in total. The number of nitrogens with zero attached hydrogens (tertiary/aromatic N) is 1. The number of hydrogen-bond donors (Lipinski definition) is 2. The summed E-state index contributed by atoms with van der Waals surface area (Å²) < 4.78 is 0. The molecule has 2 atom stereocenters. The van der Waals surface area contributed by atoms with Crippen molar-refractivity contribution >= 4 is 27.8 Å². The van der Waals surface area contributed by atoms with Crippen molar-refractivity contribution in [3.63, 3.8) is 0 Å². The molecule has 0 radical (unpaired) electrons. The van der Waals surface area contributed by atoms with E-state index in [0.29, 0.717) is 5.56 Å². The molecule has 1 heterocycles. The summed E-state index contributed by atoms with van der Waals surface area (Å²) in [4.78, 5) is 4.50. The zero-order chi connectivity index (χ0) is 13.7. The molecule has 4 rings (SSSR count). The largest absolute Gasteiger partial charge is 0.386 e. The molecule has 0 unspecified atom stereocenters. The summed E-state index contributed by atoms with van der Waals surface area (Å²) in [5.41, 5.74) is 2.39. The number of aliphatic hydroxyl groups is 2. The summed E-state index contributed by atoms with van der Waals surface area (Å²) in [6, 6.07) is 12.0. The van der Waals surface area contributed by atoms with Gasteiger partial charge >= 0.3 is 0 Å². The molecule has 1 aliphatic carbocycles. The van der Waals surface area contributed by atoms with Gasteiger partial charge in [-0.25, -0.2) is 0 Å². The molecule has 0 amide bonds. The van der Waals surface area contributed by atoms with Gasteiger partial charge in [-0.1, -0.05) is 48.6 Å². The Labute approximate surface area is 115 Å². The van der Waals surface area contributed by atoms with Crippen LogP contribution in [0.3, 0.4) is 0 Å². The van der Waals surface area contributed by atoms with Crippen LogP contribution >= 0.6 is 0 Å². The predicted molar refractivity (Wildman–Crippen MR) is 79.2 cm³/mol. The number of rotatable bonds is 0. The molecule has 3 heteroatoms.